The van der Waals surface area contributed by atoms with Gasteiger partial charge in [0.15, 0.2) is 5.78 Å². The van der Waals surface area contributed by atoms with E-state index in [1.807, 2.05) is 0 Å². The van der Waals surface area contributed by atoms with Crippen LogP contribution in [0.3, 0.4) is 0 Å². The molecule has 7 heteroatoms. The quantitative estimate of drug-likeness (QED) is 0.383. The second kappa shape index (κ2) is 8.16. The number of allylic oxidation sites excluding steroid dienone is 1. The highest BCUT2D eigenvalue weighted by Gasteiger charge is 2.27. The van der Waals surface area contributed by atoms with Gasteiger partial charge in [0.1, 0.15) is 12.2 Å². The predicted octanol–water partition coefficient (Wildman–Crippen LogP) is 1.62. The van der Waals surface area contributed by atoms with Crippen molar-refractivity contribution in [3.63, 3.8) is 0 Å². The first-order valence-electron chi connectivity index (χ1n) is 8.27. The number of hydrogen-bond donors (Lipinski definition) is 3. The summed E-state index contributed by atoms with van der Waals surface area (Å²) in [5.74, 6) is -0.854. The highest BCUT2D eigenvalue weighted by atomic mass is 16.6. The van der Waals surface area contributed by atoms with Crippen molar-refractivity contribution in [1.29, 1.82) is 0 Å². The molecule has 0 aromatic heterocycles. The van der Waals surface area contributed by atoms with E-state index >= 15 is 0 Å². The Morgan fingerprint density at radius 1 is 1.19 bits per heavy atom. The molecule has 0 bridgehead atoms. The zero-order chi connectivity index (χ0) is 19.3. The molecule has 0 amide bonds. The Morgan fingerprint density at radius 2 is 1.85 bits per heavy atom. The standard InChI is InChI=1S/C19H24N2O5/c1-19(2,24)17(22)12-3-5-16(6-4-12)25-7-8-26-18(23)13-9-14(20)11-15(21)10-13/h3-5,9-11,16,24H,6-8,20-21H2,1-2H3. The molecule has 1 aromatic carbocycles. The van der Waals surface area contributed by atoms with E-state index in [4.69, 9.17) is 20.9 Å². The van der Waals surface area contributed by atoms with E-state index in [1.54, 1.807) is 24.3 Å². The number of benzene rings is 1. The average Bonchev–Trinajstić information content (AvgIpc) is 2.56. The molecule has 1 aliphatic rings. The summed E-state index contributed by atoms with van der Waals surface area (Å²) in [4.78, 5) is 23.9. The fourth-order valence-corrected chi connectivity index (χ4v) is 2.46. The highest BCUT2D eigenvalue weighted by molar-refractivity contribution is 6.03. The van der Waals surface area contributed by atoms with Crippen molar-refractivity contribution < 1.29 is 24.2 Å². The molecule has 0 spiro atoms. The molecular weight excluding hydrogens is 336 g/mol. The van der Waals surface area contributed by atoms with Gasteiger partial charge >= 0.3 is 5.97 Å². The van der Waals surface area contributed by atoms with Gasteiger partial charge in [0, 0.05) is 16.9 Å². The number of anilines is 2. The topological polar surface area (TPSA) is 125 Å². The van der Waals surface area contributed by atoms with Crippen LogP contribution in [0.25, 0.3) is 0 Å². The lowest BCUT2D eigenvalue weighted by Crippen LogP contribution is -2.32. The third kappa shape index (κ3) is 5.44. The highest BCUT2D eigenvalue weighted by Crippen LogP contribution is 2.19. The number of carbonyl (C=O) groups is 2. The molecule has 1 aliphatic carbocycles. The number of rotatable bonds is 7. The fourth-order valence-electron chi connectivity index (χ4n) is 2.46. The zero-order valence-electron chi connectivity index (χ0n) is 14.9. The minimum Gasteiger partial charge on any atom is -0.460 e. The Morgan fingerprint density at radius 3 is 2.38 bits per heavy atom. The van der Waals surface area contributed by atoms with Crippen LogP contribution in [0, 0.1) is 0 Å². The first kappa shape index (κ1) is 19.7. The summed E-state index contributed by atoms with van der Waals surface area (Å²) >= 11 is 0. The molecule has 2 rings (SSSR count). The van der Waals surface area contributed by atoms with E-state index < -0.39 is 11.6 Å². The van der Waals surface area contributed by atoms with Gasteiger partial charge < -0.3 is 26.0 Å². The molecular formula is C19H24N2O5. The summed E-state index contributed by atoms with van der Waals surface area (Å²) in [6, 6.07) is 4.55. The second-order valence-corrected chi connectivity index (χ2v) is 6.58. The molecule has 26 heavy (non-hydrogen) atoms. The molecule has 1 atom stereocenters. The zero-order valence-corrected chi connectivity index (χ0v) is 14.9. The van der Waals surface area contributed by atoms with Crippen LogP contribution in [-0.2, 0) is 14.3 Å². The monoisotopic (exact) mass is 360 g/mol. The third-order valence-corrected chi connectivity index (χ3v) is 3.74. The SMILES string of the molecule is CC(C)(O)C(=O)C1=CCC(OCCOC(=O)c2cc(N)cc(N)c2)C=C1. The summed E-state index contributed by atoms with van der Waals surface area (Å²) < 4.78 is 10.7. The van der Waals surface area contributed by atoms with E-state index in [-0.39, 0.29) is 30.7 Å². The molecule has 140 valence electrons. The van der Waals surface area contributed by atoms with Gasteiger partial charge in [-0.05, 0) is 38.5 Å². The molecule has 5 N–H and O–H groups in total. The lowest BCUT2D eigenvalue weighted by Gasteiger charge is -2.20. The van der Waals surface area contributed by atoms with E-state index in [1.165, 1.54) is 26.0 Å². The van der Waals surface area contributed by atoms with Crippen molar-refractivity contribution in [2.45, 2.75) is 32.0 Å². The van der Waals surface area contributed by atoms with Crippen LogP contribution in [0.15, 0.2) is 42.0 Å². The van der Waals surface area contributed by atoms with Crippen LogP contribution in [-0.4, -0.2) is 41.8 Å². The number of carbonyl (C=O) groups excluding carboxylic acids is 2. The Balaban J connectivity index is 1.74. The summed E-state index contributed by atoms with van der Waals surface area (Å²) in [5.41, 5.74) is 11.4. The van der Waals surface area contributed by atoms with Crippen LogP contribution < -0.4 is 11.5 Å². The lowest BCUT2D eigenvalue weighted by molar-refractivity contribution is -0.129. The second-order valence-electron chi connectivity index (χ2n) is 6.58. The smallest absolute Gasteiger partial charge is 0.338 e. The van der Waals surface area contributed by atoms with Gasteiger partial charge in [0.05, 0.1) is 18.3 Å². The van der Waals surface area contributed by atoms with Crippen molar-refractivity contribution in [3.05, 3.63) is 47.6 Å². The Labute approximate surface area is 152 Å². The Kier molecular flexibility index (Phi) is 6.18. The molecule has 0 saturated carbocycles. The molecule has 1 aromatic rings. The maximum atomic E-state index is 12.0. The summed E-state index contributed by atoms with van der Waals surface area (Å²) in [5, 5.41) is 9.74. The number of nitrogens with two attached hydrogens (primary N) is 2. The molecule has 0 radical (unpaired) electrons. The van der Waals surface area contributed by atoms with Gasteiger partial charge in [0.25, 0.3) is 0 Å². The molecule has 0 heterocycles. The normalized spacial score (nSPS) is 16.9. The maximum Gasteiger partial charge on any atom is 0.338 e. The number of esters is 1. The minimum absolute atomic E-state index is 0.0804. The van der Waals surface area contributed by atoms with Crippen molar-refractivity contribution in [1.82, 2.24) is 0 Å². The average molecular weight is 360 g/mol. The van der Waals surface area contributed by atoms with Crippen molar-refractivity contribution in [2.75, 3.05) is 24.7 Å². The van der Waals surface area contributed by atoms with Gasteiger partial charge in [-0.1, -0.05) is 18.2 Å². The van der Waals surface area contributed by atoms with Crippen LogP contribution in [0.4, 0.5) is 11.4 Å². The van der Waals surface area contributed by atoms with Gasteiger partial charge in [-0.15, -0.1) is 0 Å². The summed E-state index contributed by atoms with van der Waals surface area (Å²) in [6.45, 7) is 3.20. The van der Waals surface area contributed by atoms with Gasteiger partial charge in [-0.25, -0.2) is 4.79 Å². The van der Waals surface area contributed by atoms with Crippen molar-refractivity contribution in [2.24, 2.45) is 0 Å². The van der Waals surface area contributed by atoms with Crippen LogP contribution in [0.5, 0.6) is 0 Å². The number of ether oxygens (including phenoxy) is 2. The molecule has 7 nitrogen and oxygen atoms in total. The third-order valence-electron chi connectivity index (χ3n) is 3.74. The molecule has 1 unspecified atom stereocenters. The minimum atomic E-state index is -1.40. The predicted molar refractivity (Wildman–Crippen MR) is 98.4 cm³/mol. The fraction of sp³-hybridized carbons (Fsp3) is 0.368. The van der Waals surface area contributed by atoms with Crippen LogP contribution in [0.2, 0.25) is 0 Å². The van der Waals surface area contributed by atoms with E-state index in [9.17, 15) is 14.7 Å². The largest absolute Gasteiger partial charge is 0.460 e. The van der Waals surface area contributed by atoms with Crippen LogP contribution in [0.1, 0.15) is 30.6 Å². The van der Waals surface area contributed by atoms with E-state index in [0.717, 1.165) is 0 Å². The molecule has 0 aliphatic heterocycles. The number of hydrogen-bond acceptors (Lipinski definition) is 7. The number of nitrogen functional groups attached to an aromatic ring is 2. The molecule has 0 fully saturated rings. The first-order valence-corrected chi connectivity index (χ1v) is 8.27. The number of aliphatic hydroxyl groups is 1. The van der Waals surface area contributed by atoms with E-state index in [0.29, 0.717) is 23.4 Å². The summed E-state index contributed by atoms with van der Waals surface area (Å²) in [6.07, 6.45) is 5.41. The van der Waals surface area contributed by atoms with Crippen LogP contribution >= 0.6 is 0 Å². The molecule has 0 saturated heterocycles. The van der Waals surface area contributed by atoms with Crippen molar-refractivity contribution in [3.8, 4) is 0 Å². The van der Waals surface area contributed by atoms with E-state index in [2.05, 4.69) is 0 Å². The number of Topliss-reactive ketones (excluding diaryl/α,β-unsaturated/α-hetero) is 1. The van der Waals surface area contributed by atoms with Gasteiger partial charge in [-0.3, -0.25) is 4.79 Å². The Bertz CT molecular complexity index is 727. The summed E-state index contributed by atoms with van der Waals surface area (Å²) in [7, 11) is 0. The maximum absolute atomic E-state index is 12.0. The first-order chi connectivity index (χ1) is 12.2. The lowest BCUT2D eigenvalue weighted by atomic mass is 9.92. The van der Waals surface area contributed by atoms with Gasteiger partial charge in [-0.2, -0.15) is 0 Å². The van der Waals surface area contributed by atoms with Gasteiger partial charge in [0.2, 0.25) is 0 Å². The number of ketones is 1. The Hall–Kier alpha value is -2.64. The van der Waals surface area contributed by atoms with Crippen molar-refractivity contribution >= 4 is 23.1 Å².